The highest BCUT2D eigenvalue weighted by Gasteiger charge is 2.53. The molecule has 4 amide bonds. The average Bonchev–Trinajstić information content (AvgIpc) is 3.86. The van der Waals surface area contributed by atoms with Crippen LogP contribution in [0.1, 0.15) is 97.8 Å². The van der Waals surface area contributed by atoms with Gasteiger partial charge >= 0.3 is 37.2 Å². The zero-order chi connectivity index (χ0) is 56.4. The third-order valence-electron chi connectivity index (χ3n) is 14.3. The molecule has 0 aromatic carbocycles. The molecule has 5 aliphatic rings. The SMILES string of the molecule is CC(C)[C@H](CC(=O)CNC(=O)CCC(=O)CNC(=O)CCC(=O)CNC(=O)CCC(=O)CCC1C(=O)OC23OC(=O)CN4CCN(CCN1CCN(CC4)CC(=O)O2)CC(=O)O3)C(=O)N[C@H](C)C(=O)C1CCC[C@H]1B(O)O. The molecule has 5 rings (SSSR count). The Morgan fingerprint density at radius 3 is 1.48 bits per heavy atom. The van der Waals surface area contributed by atoms with Crippen molar-refractivity contribution in [2.45, 2.75) is 122 Å². The van der Waals surface area contributed by atoms with Crippen LogP contribution in [0.15, 0.2) is 0 Å². The van der Waals surface area contributed by atoms with E-state index >= 15 is 0 Å². The van der Waals surface area contributed by atoms with Crippen molar-refractivity contribution in [3.05, 3.63) is 0 Å². The fraction of sp³-hybridized carbons (Fsp3) is 0.735. The van der Waals surface area contributed by atoms with Gasteiger partial charge in [0.25, 0.3) is 0 Å². The van der Waals surface area contributed by atoms with Gasteiger partial charge in [-0.15, -0.1) is 0 Å². The zero-order valence-electron chi connectivity index (χ0n) is 44.0. The number of carbonyl (C=O) groups is 13. The Kier molecular flexibility index (Phi) is 23.8. The number of nitrogens with zero attached hydrogens (tertiary/aromatic N) is 4. The van der Waals surface area contributed by atoms with Crippen molar-refractivity contribution in [1.82, 2.24) is 40.9 Å². The van der Waals surface area contributed by atoms with E-state index in [1.54, 1.807) is 33.4 Å². The first-order chi connectivity index (χ1) is 36.5. The largest absolute Gasteiger partial charge is 0.619 e. The van der Waals surface area contributed by atoms with Gasteiger partial charge in [0.15, 0.2) is 23.1 Å². The predicted octanol–water partition coefficient (Wildman–Crippen LogP) is -3.47. The Balaban J connectivity index is 0.978. The molecule has 426 valence electrons. The number of esters is 4. The summed E-state index contributed by atoms with van der Waals surface area (Å²) in [6.45, 7) is 5.26. The Hall–Kier alpha value is -6.07. The third-order valence-corrected chi connectivity index (χ3v) is 14.3. The number of hydrogen-bond acceptors (Lipinski definition) is 23. The number of ketones is 5. The average molecular weight is 1090 g/mol. The van der Waals surface area contributed by atoms with Crippen LogP contribution in [0, 0.1) is 17.8 Å². The molecular weight excluding hydrogens is 1020 g/mol. The van der Waals surface area contributed by atoms with E-state index in [9.17, 15) is 72.4 Å². The van der Waals surface area contributed by atoms with Crippen molar-refractivity contribution < 1.29 is 91.3 Å². The first-order valence-electron chi connectivity index (χ1n) is 26.4. The molecule has 7 atom stereocenters. The number of carbonyl (C=O) groups excluding carboxylic acids is 13. The lowest BCUT2D eigenvalue weighted by molar-refractivity contribution is -0.432. The number of hydrogen-bond donors (Lipinski definition) is 6. The number of amides is 4. The van der Waals surface area contributed by atoms with Gasteiger partial charge in [-0.2, -0.15) is 0 Å². The minimum Gasteiger partial charge on any atom is -0.427 e. The summed E-state index contributed by atoms with van der Waals surface area (Å²) in [4.78, 5) is 175. The van der Waals surface area contributed by atoms with E-state index in [-0.39, 0.29) is 115 Å². The van der Waals surface area contributed by atoms with Crippen molar-refractivity contribution in [3.8, 4) is 0 Å². The Bertz CT molecular complexity index is 2180. The molecular formula is C49H73BN8O19. The maximum atomic E-state index is 14.0. The normalized spacial score (nSPS) is 26.3. The van der Waals surface area contributed by atoms with Gasteiger partial charge in [0.1, 0.15) is 11.8 Å². The predicted molar refractivity (Wildman–Crippen MR) is 265 cm³/mol. The summed E-state index contributed by atoms with van der Waals surface area (Å²) in [5.74, 6) is -11.0. The van der Waals surface area contributed by atoms with Gasteiger partial charge in [0, 0.05) is 121 Å². The molecule has 0 radical (unpaired) electrons. The van der Waals surface area contributed by atoms with E-state index in [0.717, 1.165) is 0 Å². The maximum Gasteiger partial charge on any atom is 0.619 e. The van der Waals surface area contributed by atoms with Gasteiger partial charge < -0.3 is 50.3 Å². The second-order valence-corrected chi connectivity index (χ2v) is 20.5. The van der Waals surface area contributed by atoms with Crippen LogP contribution < -0.4 is 21.3 Å². The summed E-state index contributed by atoms with van der Waals surface area (Å²) in [5.41, 5.74) is 0. The minimum absolute atomic E-state index is 0.137. The molecule has 5 fully saturated rings. The van der Waals surface area contributed by atoms with Gasteiger partial charge in [-0.05, 0) is 25.7 Å². The molecule has 4 aliphatic heterocycles. The monoisotopic (exact) mass is 1090 g/mol. The Labute approximate surface area is 446 Å². The van der Waals surface area contributed by atoms with Crippen LogP contribution in [-0.4, -0.2) is 223 Å². The summed E-state index contributed by atoms with van der Waals surface area (Å²) in [6.07, 6.45) is -3.88. The van der Waals surface area contributed by atoms with Crippen molar-refractivity contribution in [2.24, 2.45) is 17.8 Å². The van der Waals surface area contributed by atoms with Crippen LogP contribution in [0.2, 0.25) is 5.82 Å². The van der Waals surface area contributed by atoms with E-state index in [1.807, 2.05) is 0 Å². The summed E-state index contributed by atoms with van der Waals surface area (Å²) in [7, 11) is -1.64. The van der Waals surface area contributed by atoms with Crippen LogP contribution >= 0.6 is 0 Å². The lowest BCUT2D eigenvalue weighted by Crippen LogP contribution is -2.53. The van der Waals surface area contributed by atoms with Gasteiger partial charge in [-0.3, -0.25) is 81.9 Å². The highest BCUT2D eigenvalue weighted by atomic mass is 17.0. The number of Topliss-reactive ketones (excluding diaryl/α,β-unsaturated/α-hetero) is 5. The number of nitrogens with one attached hydrogen (secondary N) is 4. The fourth-order valence-corrected chi connectivity index (χ4v) is 9.74. The van der Waals surface area contributed by atoms with Gasteiger partial charge in [-0.1, -0.05) is 26.7 Å². The molecule has 1 spiro atoms. The maximum absolute atomic E-state index is 14.0. The molecule has 4 heterocycles. The molecule has 0 aromatic heterocycles. The highest BCUT2D eigenvalue weighted by Crippen LogP contribution is 2.39. The van der Waals surface area contributed by atoms with E-state index in [2.05, 4.69) is 21.3 Å². The molecule has 1 aliphatic carbocycles. The topological polar surface area (TPSA) is 360 Å². The molecule has 1 saturated carbocycles. The Morgan fingerprint density at radius 2 is 1.03 bits per heavy atom. The Morgan fingerprint density at radius 1 is 0.584 bits per heavy atom. The van der Waals surface area contributed by atoms with Crippen LogP contribution in [0.25, 0.3) is 0 Å². The van der Waals surface area contributed by atoms with Crippen molar-refractivity contribution in [3.63, 3.8) is 0 Å². The van der Waals surface area contributed by atoms with Gasteiger partial charge in [0.05, 0.1) is 45.3 Å². The summed E-state index contributed by atoms with van der Waals surface area (Å²) in [6, 6.07) is -2.09. The standard InChI is InChI=1S/C49H73BN8O19/c1-30(2)37(47(70)54-31(3)46(69)36-5-4-6-38(36)50(72)73)23-35(62)26-53-42(65)14-10-34(61)25-52-41(64)13-9-33(60)24-51-40(63)12-8-32(59)7-11-39-48(71)77-49-74-43(66)27-55-15-17-56(28-44(67)75-49)19-21-58(39)22-20-57(18-16-55)29-45(68)76-49/h30-31,36-39,72-73H,4-29H2,1-3H3,(H,51,63)(H,52,64)(H,53,65)(H,54,70)/t31-,36?,37+,38-,39?/m1/s1. The number of ether oxygens (including phenoxy) is 4. The summed E-state index contributed by atoms with van der Waals surface area (Å²) >= 11 is 0. The van der Waals surface area contributed by atoms with Crippen molar-refractivity contribution in [2.75, 3.05) is 91.6 Å². The highest BCUT2D eigenvalue weighted by molar-refractivity contribution is 6.44. The van der Waals surface area contributed by atoms with E-state index in [1.165, 1.54) is 6.92 Å². The second kappa shape index (κ2) is 29.6. The third kappa shape index (κ3) is 20.0. The van der Waals surface area contributed by atoms with E-state index in [4.69, 9.17) is 18.9 Å². The lowest BCUT2D eigenvalue weighted by Gasteiger charge is -2.35. The van der Waals surface area contributed by atoms with Crippen molar-refractivity contribution >= 4 is 83.5 Å². The van der Waals surface area contributed by atoms with Crippen molar-refractivity contribution in [1.29, 1.82) is 0 Å². The van der Waals surface area contributed by atoms with Gasteiger partial charge in [-0.25, -0.2) is 0 Å². The first kappa shape index (κ1) is 61.8. The lowest BCUT2D eigenvalue weighted by atomic mass is 9.65. The molecule has 4 unspecified atom stereocenters. The molecule has 27 nitrogen and oxygen atoms in total. The van der Waals surface area contributed by atoms with Crippen LogP contribution in [0.5, 0.6) is 0 Å². The molecule has 0 aromatic rings. The molecule has 6 N–H and O–H groups in total. The first-order valence-corrected chi connectivity index (χ1v) is 26.4. The number of fused-ring (bicyclic) bond motifs is 12. The van der Waals surface area contributed by atoms with E-state index in [0.29, 0.717) is 45.4 Å². The smallest absolute Gasteiger partial charge is 0.427 e. The van der Waals surface area contributed by atoms with Gasteiger partial charge in [0.2, 0.25) is 23.6 Å². The van der Waals surface area contributed by atoms with Crippen LogP contribution in [-0.2, 0) is 81.3 Å². The molecule has 28 heteroatoms. The van der Waals surface area contributed by atoms with E-state index < -0.39 is 133 Å². The number of rotatable bonds is 26. The summed E-state index contributed by atoms with van der Waals surface area (Å²) < 4.78 is 21.6. The minimum atomic E-state index is -3.16. The molecule has 5 bridgehead atoms. The fourth-order valence-electron chi connectivity index (χ4n) is 9.74. The zero-order valence-corrected chi connectivity index (χ0v) is 44.0. The second-order valence-electron chi connectivity index (χ2n) is 20.5. The molecule has 4 saturated heterocycles. The van der Waals surface area contributed by atoms with Crippen LogP contribution in [0.4, 0.5) is 0 Å². The summed E-state index contributed by atoms with van der Waals surface area (Å²) in [5, 5.41) is 29.1. The quantitative estimate of drug-likeness (QED) is 0.0362. The molecule has 77 heavy (non-hydrogen) atoms. The van der Waals surface area contributed by atoms with Crippen LogP contribution in [0.3, 0.4) is 0 Å².